The van der Waals surface area contributed by atoms with Gasteiger partial charge >= 0.3 is 0 Å². The lowest BCUT2D eigenvalue weighted by molar-refractivity contribution is 0.134. The first-order chi connectivity index (χ1) is 7.27. The first kappa shape index (κ1) is 12.6. The molecule has 0 radical (unpaired) electrons. The molecule has 3 nitrogen and oxygen atoms in total. The predicted molar refractivity (Wildman–Crippen MR) is 64.2 cm³/mol. The van der Waals surface area contributed by atoms with Gasteiger partial charge in [0, 0.05) is 18.0 Å². The van der Waals surface area contributed by atoms with Crippen LogP contribution >= 0.6 is 11.3 Å². The Morgan fingerprint density at radius 1 is 1.40 bits per heavy atom. The molecular formula is C11H20N2OS. The molecule has 15 heavy (non-hydrogen) atoms. The second kappa shape index (κ2) is 6.93. The van der Waals surface area contributed by atoms with E-state index in [1.165, 1.54) is 11.3 Å². The maximum absolute atomic E-state index is 5.34. The molecule has 0 saturated carbocycles. The van der Waals surface area contributed by atoms with Crippen LogP contribution in [0.2, 0.25) is 0 Å². The number of nitrogens with zero attached hydrogens (tertiary/aromatic N) is 1. The Morgan fingerprint density at radius 3 is 2.87 bits per heavy atom. The van der Waals surface area contributed by atoms with Gasteiger partial charge in [-0.1, -0.05) is 6.92 Å². The Labute approximate surface area is 95.9 Å². The third kappa shape index (κ3) is 4.28. The summed E-state index contributed by atoms with van der Waals surface area (Å²) in [5.74, 6) is 0. The Bertz CT molecular complexity index is 286. The van der Waals surface area contributed by atoms with Crippen LogP contribution in [0.15, 0.2) is 0 Å². The van der Waals surface area contributed by atoms with Crippen molar-refractivity contribution in [2.75, 3.05) is 13.2 Å². The summed E-state index contributed by atoms with van der Waals surface area (Å²) < 4.78 is 5.34. The molecule has 0 saturated heterocycles. The Kier molecular flexibility index (Phi) is 5.83. The van der Waals surface area contributed by atoms with Crippen LogP contribution in [0, 0.1) is 6.92 Å². The molecule has 0 unspecified atom stereocenters. The molecule has 0 spiro atoms. The number of aryl methyl sites for hydroxylation is 1. The van der Waals surface area contributed by atoms with Crippen LogP contribution in [0.25, 0.3) is 0 Å². The monoisotopic (exact) mass is 228 g/mol. The zero-order valence-electron chi connectivity index (χ0n) is 9.80. The third-order valence-corrected chi connectivity index (χ3v) is 3.21. The molecule has 0 amide bonds. The van der Waals surface area contributed by atoms with Gasteiger partial charge in [0.2, 0.25) is 0 Å². The Morgan fingerprint density at radius 2 is 2.20 bits per heavy atom. The van der Waals surface area contributed by atoms with E-state index in [4.69, 9.17) is 4.74 Å². The van der Waals surface area contributed by atoms with Crippen molar-refractivity contribution in [3.8, 4) is 0 Å². The Balaban J connectivity index is 2.45. The van der Waals surface area contributed by atoms with Crippen molar-refractivity contribution >= 4 is 11.3 Å². The SMILES string of the molecule is CCCNCc1sc(COCC)nc1C. The molecule has 1 aromatic rings. The number of hydrogen-bond acceptors (Lipinski definition) is 4. The lowest BCUT2D eigenvalue weighted by Gasteiger charge is -1.99. The lowest BCUT2D eigenvalue weighted by Crippen LogP contribution is -2.13. The maximum atomic E-state index is 5.34. The van der Waals surface area contributed by atoms with E-state index in [1.807, 2.05) is 6.92 Å². The summed E-state index contributed by atoms with van der Waals surface area (Å²) in [6.45, 7) is 9.64. The zero-order chi connectivity index (χ0) is 11.1. The van der Waals surface area contributed by atoms with E-state index in [0.717, 1.165) is 30.4 Å². The topological polar surface area (TPSA) is 34.1 Å². The average Bonchev–Trinajstić information content (AvgIpc) is 2.57. The van der Waals surface area contributed by atoms with Gasteiger partial charge in [0.25, 0.3) is 0 Å². The number of aromatic nitrogens is 1. The highest BCUT2D eigenvalue weighted by Gasteiger charge is 2.06. The van der Waals surface area contributed by atoms with E-state index in [-0.39, 0.29) is 0 Å². The largest absolute Gasteiger partial charge is 0.375 e. The van der Waals surface area contributed by atoms with Crippen molar-refractivity contribution in [2.45, 2.75) is 40.3 Å². The van der Waals surface area contributed by atoms with Gasteiger partial charge in [-0.05, 0) is 26.8 Å². The minimum Gasteiger partial charge on any atom is -0.375 e. The van der Waals surface area contributed by atoms with Crippen LogP contribution in [-0.2, 0) is 17.9 Å². The van der Waals surface area contributed by atoms with Gasteiger partial charge in [-0.2, -0.15) is 0 Å². The van der Waals surface area contributed by atoms with Crippen molar-refractivity contribution in [3.05, 3.63) is 15.6 Å². The molecule has 1 rings (SSSR count). The van der Waals surface area contributed by atoms with Crippen LogP contribution in [0.1, 0.15) is 35.8 Å². The first-order valence-electron chi connectivity index (χ1n) is 5.51. The second-order valence-corrected chi connectivity index (χ2v) is 4.60. The van der Waals surface area contributed by atoms with Crippen LogP contribution in [-0.4, -0.2) is 18.1 Å². The molecule has 0 aliphatic rings. The smallest absolute Gasteiger partial charge is 0.119 e. The van der Waals surface area contributed by atoms with Crippen molar-refractivity contribution in [1.82, 2.24) is 10.3 Å². The van der Waals surface area contributed by atoms with Gasteiger partial charge in [0.05, 0.1) is 12.3 Å². The van der Waals surface area contributed by atoms with Gasteiger partial charge in [-0.25, -0.2) is 4.98 Å². The molecule has 0 aromatic carbocycles. The van der Waals surface area contributed by atoms with Crippen LogP contribution in [0.4, 0.5) is 0 Å². The van der Waals surface area contributed by atoms with E-state index in [2.05, 4.69) is 24.1 Å². The molecule has 4 heteroatoms. The quantitative estimate of drug-likeness (QED) is 0.728. The number of ether oxygens (including phenoxy) is 1. The van der Waals surface area contributed by atoms with Gasteiger partial charge in [0.15, 0.2) is 0 Å². The normalized spacial score (nSPS) is 10.9. The fourth-order valence-electron chi connectivity index (χ4n) is 1.28. The average molecular weight is 228 g/mol. The summed E-state index contributed by atoms with van der Waals surface area (Å²) >= 11 is 1.75. The van der Waals surface area contributed by atoms with Crippen molar-refractivity contribution in [1.29, 1.82) is 0 Å². The fraction of sp³-hybridized carbons (Fsp3) is 0.727. The van der Waals surface area contributed by atoms with Gasteiger partial charge in [-0.15, -0.1) is 11.3 Å². The first-order valence-corrected chi connectivity index (χ1v) is 6.33. The van der Waals surface area contributed by atoms with E-state index in [0.29, 0.717) is 6.61 Å². The molecule has 0 bridgehead atoms. The molecule has 86 valence electrons. The van der Waals surface area contributed by atoms with E-state index < -0.39 is 0 Å². The lowest BCUT2D eigenvalue weighted by atomic mass is 10.4. The van der Waals surface area contributed by atoms with Crippen LogP contribution in [0.3, 0.4) is 0 Å². The molecule has 1 N–H and O–H groups in total. The van der Waals surface area contributed by atoms with Crippen molar-refractivity contribution in [2.24, 2.45) is 0 Å². The van der Waals surface area contributed by atoms with Gasteiger partial charge < -0.3 is 10.1 Å². The van der Waals surface area contributed by atoms with E-state index >= 15 is 0 Å². The molecular weight excluding hydrogens is 208 g/mol. The number of thiazole rings is 1. The summed E-state index contributed by atoms with van der Waals surface area (Å²) in [5.41, 5.74) is 1.14. The summed E-state index contributed by atoms with van der Waals surface area (Å²) in [6, 6.07) is 0. The molecule has 0 fully saturated rings. The standard InChI is InChI=1S/C11H20N2OS/c1-4-6-12-7-10-9(3)13-11(15-10)8-14-5-2/h12H,4-8H2,1-3H3. The second-order valence-electron chi connectivity index (χ2n) is 3.43. The molecule has 0 aliphatic heterocycles. The highest BCUT2D eigenvalue weighted by Crippen LogP contribution is 2.18. The number of rotatable bonds is 7. The molecule has 1 heterocycles. The summed E-state index contributed by atoms with van der Waals surface area (Å²) in [7, 11) is 0. The summed E-state index contributed by atoms with van der Waals surface area (Å²) in [5, 5.41) is 4.48. The fourth-order valence-corrected chi connectivity index (χ4v) is 2.26. The van der Waals surface area contributed by atoms with Gasteiger partial charge in [-0.3, -0.25) is 0 Å². The Hall–Kier alpha value is -0.450. The predicted octanol–water partition coefficient (Wildman–Crippen LogP) is 2.49. The zero-order valence-corrected chi connectivity index (χ0v) is 10.6. The van der Waals surface area contributed by atoms with E-state index in [1.54, 1.807) is 11.3 Å². The summed E-state index contributed by atoms with van der Waals surface area (Å²) in [6.07, 6.45) is 1.17. The summed E-state index contributed by atoms with van der Waals surface area (Å²) in [4.78, 5) is 5.81. The number of hydrogen-bond donors (Lipinski definition) is 1. The van der Waals surface area contributed by atoms with Gasteiger partial charge in [0.1, 0.15) is 5.01 Å². The highest BCUT2D eigenvalue weighted by atomic mass is 32.1. The minimum atomic E-state index is 0.649. The molecule has 0 atom stereocenters. The highest BCUT2D eigenvalue weighted by molar-refractivity contribution is 7.11. The number of nitrogens with one attached hydrogen (secondary N) is 1. The maximum Gasteiger partial charge on any atom is 0.119 e. The van der Waals surface area contributed by atoms with Crippen LogP contribution < -0.4 is 5.32 Å². The van der Waals surface area contributed by atoms with Crippen LogP contribution in [0.5, 0.6) is 0 Å². The minimum absolute atomic E-state index is 0.649. The van der Waals surface area contributed by atoms with Crippen molar-refractivity contribution < 1.29 is 4.74 Å². The van der Waals surface area contributed by atoms with Crippen molar-refractivity contribution in [3.63, 3.8) is 0 Å². The third-order valence-electron chi connectivity index (χ3n) is 2.08. The molecule has 1 aromatic heterocycles. The van der Waals surface area contributed by atoms with E-state index in [9.17, 15) is 0 Å². The molecule has 0 aliphatic carbocycles.